The summed E-state index contributed by atoms with van der Waals surface area (Å²) in [6, 6.07) is 11.1. The van der Waals surface area contributed by atoms with Gasteiger partial charge in [-0.05, 0) is 29.8 Å². The zero-order valence-electron chi connectivity index (χ0n) is 11.3. The van der Waals surface area contributed by atoms with E-state index in [9.17, 15) is 14.3 Å². The highest BCUT2D eigenvalue weighted by Gasteiger charge is 2.27. The maximum Gasteiger partial charge on any atom is 0.247 e. The second kappa shape index (κ2) is 5.54. The third-order valence-electron chi connectivity index (χ3n) is 3.58. The number of rotatable bonds is 3. The molecule has 3 N–H and O–H groups in total. The fourth-order valence-corrected chi connectivity index (χ4v) is 2.49. The highest BCUT2D eigenvalue weighted by molar-refractivity contribution is 5.98. The minimum Gasteiger partial charge on any atom is -0.392 e. The largest absolute Gasteiger partial charge is 0.392 e. The molecular weight excluding hydrogens is 271 g/mol. The van der Waals surface area contributed by atoms with Gasteiger partial charge in [-0.15, -0.1) is 0 Å². The quantitative estimate of drug-likeness (QED) is 0.811. The summed E-state index contributed by atoms with van der Waals surface area (Å²) in [6.07, 6.45) is 0.445. The Bertz CT molecular complexity index is 688. The van der Waals surface area contributed by atoms with Crippen molar-refractivity contribution >= 4 is 17.3 Å². The number of aliphatic hydroxyl groups excluding tert-OH is 1. The molecule has 0 saturated carbocycles. The van der Waals surface area contributed by atoms with Gasteiger partial charge in [0.25, 0.3) is 0 Å². The molecule has 108 valence electrons. The highest BCUT2D eigenvalue weighted by Crippen LogP contribution is 2.27. The summed E-state index contributed by atoms with van der Waals surface area (Å²) in [6.45, 7) is -0.139. The van der Waals surface area contributed by atoms with Gasteiger partial charge in [0.2, 0.25) is 5.91 Å². The van der Waals surface area contributed by atoms with Crippen LogP contribution >= 0.6 is 0 Å². The molecule has 0 bridgehead atoms. The normalized spacial score (nSPS) is 16.2. The summed E-state index contributed by atoms with van der Waals surface area (Å²) < 4.78 is 13.2. The van der Waals surface area contributed by atoms with Crippen LogP contribution < -0.4 is 10.6 Å². The van der Waals surface area contributed by atoms with Crippen molar-refractivity contribution in [3.8, 4) is 0 Å². The van der Waals surface area contributed by atoms with Crippen molar-refractivity contribution in [2.24, 2.45) is 0 Å². The van der Waals surface area contributed by atoms with Gasteiger partial charge in [-0.1, -0.05) is 18.2 Å². The average Bonchev–Trinajstić information content (AvgIpc) is 2.91. The van der Waals surface area contributed by atoms with E-state index in [-0.39, 0.29) is 18.3 Å². The van der Waals surface area contributed by atoms with E-state index in [0.29, 0.717) is 17.7 Å². The van der Waals surface area contributed by atoms with Gasteiger partial charge in [0.15, 0.2) is 0 Å². The first-order valence-corrected chi connectivity index (χ1v) is 6.72. The SMILES string of the molecule is O=C(Nc1ccccc1CO)C1Cc2cc(F)ccc2N1. The number of hydrogen-bond acceptors (Lipinski definition) is 3. The molecule has 2 aromatic carbocycles. The van der Waals surface area contributed by atoms with Crippen LogP contribution in [0.4, 0.5) is 15.8 Å². The fourth-order valence-electron chi connectivity index (χ4n) is 2.49. The zero-order chi connectivity index (χ0) is 14.8. The lowest BCUT2D eigenvalue weighted by Gasteiger charge is -2.14. The molecule has 0 fully saturated rings. The Labute approximate surface area is 121 Å². The highest BCUT2D eigenvalue weighted by atomic mass is 19.1. The number of para-hydroxylation sites is 1. The third-order valence-corrected chi connectivity index (χ3v) is 3.58. The Morgan fingerprint density at radius 1 is 1.33 bits per heavy atom. The molecular formula is C16H15FN2O2. The lowest BCUT2D eigenvalue weighted by molar-refractivity contribution is -0.116. The Morgan fingerprint density at radius 2 is 2.14 bits per heavy atom. The van der Waals surface area contributed by atoms with Gasteiger partial charge in [-0.25, -0.2) is 4.39 Å². The van der Waals surface area contributed by atoms with Gasteiger partial charge in [-0.2, -0.15) is 0 Å². The minimum absolute atomic E-state index is 0.139. The van der Waals surface area contributed by atoms with Gasteiger partial charge in [0, 0.05) is 23.4 Å². The van der Waals surface area contributed by atoms with E-state index in [1.54, 1.807) is 30.3 Å². The average molecular weight is 286 g/mol. The molecule has 5 heteroatoms. The van der Waals surface area contributed by atoms with Gasteiger partial charge >= 0.3 is 0 Å². The molecule has 1 amide bonds. The number of aliphatic hydroxyl groups is 1. The minimum atomic E-state index is -0.437. The van der Waals surface area contributed by atoms with Crippen LogP contribution in [0.15, 0.2) is 42.5 Å². The molecule has 1 aliphatic heterocycles. The van der Waals surface area contributed by atoms with Gasteiger partial charge in [0.05, 0.1) is 6.61 Å². The van der Waals surface area contributed by atoms with E-state index in [1.165, 1.54) is 12.1 Å². The summed E-state index contributed by atoms with van der Waals surface area (Å²) in [5.74, 6) is -0.505. The van der Waals surface area contributed by atoms with E-state index in [4.69, 9.17) is 0 Å². The van der Waals surface area contributed by atoms with Crippen LogP contribution in [0.3, 0.4) is 0 Å². The maximum atomic E-state index is 13.2. The summed E-state index contributed by atoms with van der Waals surface area (Å²) in [5, 5.41) is 15.1. The molecule has 3 rings (SSSR count). The second-order valence-electron chi connectivity index (χ2n) is 5.01. The number of anilines is 2. The first-order chi connectivity index (χ1) is 10.2. The van der Waals surface area contributed by atoms with Gasteiger partial charge in [-0.3, -0.25) is 4.79 Å². The van der Waals surface area contributed by atoms with Crippen molar-refractivity contribution < 1.29 is 14.3 Å². The first-order valence-electron chi connectivity index (χ1n) is 6.72. The maximum absolute atomic E-state index is 13.2. The van der Waals surface area contributed by atoms with Gasteiger partial charge in [0.1, 0.15) is 11.9 Å². The smallest absolute Gasteiger partial charge is 0.247 e. The molecule has 0 aromatic heterocycles. The first kappa shape index (κ1) is 13.6. The lowest BCUT2D eigenvalue weighted by atomic mass is 10.1. The second-order valence-corrected chi connectivity index (χ2v) is 5.01. The van der Waals surface area contributed by atoms with E-state index < -0.39 is 6.04 Å². The molecule has 0 saturated heterocycles. The van der Waals surface area contributed by atoms with Crippen molar-refractivity contribution in [2.45, 2.75) is 19.1 Å². The van der Waals surface area contributed by atoms with Crippen LogP contribution in [0.25, 0.3) is 0 Å². The number of benzene rings is 2. The van der Waals surface area contributed by atoms with Crippen LogP contribution in [-0.2, 0) is 17.8 Å². The molecule has 0 radical (unpaired) electrons. The van der Waals surface area contributed by atoms with Crippen LogP contribution in [0.1, 0.15) is 11.1 Å². The number of amides is 1. The Hall–Kier alpha value is -2.40. The van der Waals surface area contributed by atoms with Crippen LogP contribution in [0.5, 0.6) is 0 Å². The molecule has 2 aromatic rings. The van der Waals surface area contributed by atoms with Crippen LogP contribution in [0, 0.1) is 5.82 Å². The van der Waals surface area contributed by atoms with Crippen LogP contribution in [0.2, 0.25) is 0 Å². The molecule has 0 spiro atoms. The number of halogens is 1. The molecule has 1 atom stereocenters. The van der Waals surface area contributed by atoms with E-state index in [2.05, 4.69) is 10.6 Å². The van der Waals surface area contributed by atoms with Crippen molar-refractivity contribution in [3.63, 3.8) is 0 Å². The molecule has 21 heavy (non-hydrogen) atoms. The van der Waals surface area contributed by atoms with Crippen molar-refractivity contribution in [3.05, 3.63) is 59.4 Å². The summed E-state index contributed by atoms with van der Waals surface area (Å²) >= 11 is 0. The fraction of sp³-hybridized carbons (Fsp3) is 0.188. The Balaban J connectivity index is 1.73. The number of carbonyl (C=O) groups excluding carboxylic acids is 1. The predicted octanol–water partition coefficient (Wildman–Crippen LogP) is 2.29. The molecule has 4 nitrogen and oxygen atoms in total. The van der Waals surface area contributed by atoms with E-state index >= 15 is 0 Å². The number of nitrogens with one attached hydrogen (secondary N) is 2. The molecule has 1 unspecified atom stereocenters. The number of hydrogen-bond donors (Lipinski definition) is 3. The van der Waals surface area contributed by atoms with E-state index in [1.807, 2.05) is 0 Å². The summed E-state index contributed by atoms with van der Waals surface area (Å²) in [5.41, 5.74) is 2.83. The predicted molar refractivity (Wildman–Crippen MR) is 78.5 cm³/mol. The summed E-state index contributed by atoms with van der Waals surface area (Å²) in [4.78, 5) is 12.3. The lowest BCUT2D eigenvalue weighted by Crippen LogP contribution is -2.33. The Morgan fingerprint density at radius 3 is 2.95 bits per heavy atom. The number of carbonyl (C=O) groups is 1. The number of fused-ring (bicyclic) bond motifs is 1. The Kier molecular flexibility index (Phi) is 3.58. The topological polar surface area (TPSA) is 61.4 Å². The van der Waals surface area contributed by atoms with Crippen LogP contribution in [-0.4, -0.2) is 17.1 Å². The van der Waals surface area contributed by atoms with Gasteiger partial charge < -0.3 is 15.7 Å². The monoisotopic (exact) mass is 286 g/mol. The standard InChI is InChI=1S/C16H15FN2O2/c17-12-5-6-14-11(7-12)8-15(18-14)16(21)19-13-4-2-1-3-10(13)9-20/h1-7,15,18,20H,8-9H2,(H,19,21). The van der Waals surface area contributed by atoms with Crippen molar-refractivity contribution in [1.29, 1.82) is 0 Å². The third kappa shape index (κ3) is 2.73. The van der Waals surface area contributed by atoms with Crippen molar-refractivity contribution in [2.75, 3.05) is 10.6 Å². The molecule has 1 aliphatic rings. The van der Waals surface area contributed by atoms with Crippen molar-refractivity contribution in [1.82, 2.24) is 0 Å². The summed E-state index contributed by atoms with van der Waals surface area (Å²) in [7, 11) is 0. The van der Waals surface area contributed by atoms with E-state index in [0.717, 1.165) is 11.3 Å². The molecule has 1 heterocycles. The molecule has 0 aliphatic carbocycles. The zero-order valence-corrected chi connectivity index (χ0v) is 11.3.